The van der Waals surface area contributed by atoms with Crippen LogP contribution in [0.4, 0.5) is 0 Å². The number of rotatable bonds is 6. The predicted octanol–water partition coefficient (Wildman–Crippen LogP) is 13.6. The maximum Gasteiger partial charge on any atom is 0.145 e. The van der Waals surface area contributed by atoms with Gasteiger partial charge in [-0.1, -0.05) is 225 Å². The van der Waals surface area contributed by atoms with Gasteiger partial charge in [0.05, 0.1) is 0 Å². The minimum Gasteiger partial charge on any atom is -0.0616 e. The van der Waals surface area contributed by atoms with Crippen LogP contribution in [0.3, 0.4) is 0 Å². The van der Waals surface area contributed by atoms with Gasteiger partial charge in [-0.2, -0.15) is 0 Å². The van der Waals surface area contributed by atoms with E-state index in [1.54, 1.807) is 0 Å². The maximum absolute atomic E-state index is 2.52. The van der Waals surface area contributed by atoms with Crippen molar-refractivity contribution in [2.45, 2.75) is 6.55 Å². The Bertz CT molecular complexity index is 3200. The standard InChI is InChI=1S/C57H40Si/c1-58(50-34-30-40-13-3-6-16-46(40)37-50,51-35-31-41-14-4-7-17-47(41)38-51)49-32-28-43(29-33-49)42-22-25-44(26-23-42)56-52-18-8-10-20-54(52)57(55-21-11-9-19-53(55)56)48-27-24-39-12-2-5-15-45(39)36-48/h2-38H,1H3. The number of benzene rings is 11. The van der Waals surface area contributed by atoms with Crippen LogP contribution < -0.4 is 15.6 Å². The molecule has 0 radical (unpaired) electrons. The summed E-state index contributed by atoms with van der Waals surface area (Å²) >= 11 is 0. The third-order valence-electron chi connectivity index (χ3n) is 12.6. The minimum atomic E-state index is -2.38. The van der Waals surface area contributed by atoms with Gasteiger partial charge in [-0.15, -0.1) is 0 Å². The second kappa shape index (κ2) is 13.8. The third-order valence-corrected chi connectivity index (χ3v) is 17.0. The summed E-state index contributed by atoms with van der Waals surface area (Å²) in [5.74, 6) is 0. The first kappa shape index (κ1) is 34.2. The average molecular weight is 753 g/mol. The maximum atomic E-state index is 2.52. The van der Waals surface area contributed by atoms with Crippen molar-refractivity contribution in [1.29, 1.82) is 0 Å². The summed E-state index contributed by atoms with van der Waals surface area (Å²) in [5.41, 5.74) is 7.49. The van der Waals surface area contributed by atoms with Crippen LogP contribution in [0.2, 0.25) is 6.55 Å². The van der Waals surface area contributed by atoms with Gasteiger partial charge in [0.1, 0.15) is 8.07 Å². The SMILES string of the molecule is C[Si](c1ccc(-c2ccc(-c3c4ccccc4c(-c4ccc5ccccc5c4)c4ccccc34)cc2)cc1)(c1ccc2ccccc2c1)c1ccc2ccccc2c1. The van der Waals surface area contributed by atoms with E-state index in [4.69, 9.17) is 0 Å². The van der Waals surface area contributed by atoms with Crippen molar-refractivity contribution in [3.8, 4) is 33.4 Å². The van der Waals surface area contributed by atoms with Crippen LogP contribution in [0.5, 0.6) is 0 Å². The quantitative estimate of drug-likeness (QED) is 0.0901. The Labute approximate surface area is 340 Å². The van der Waals surface area contributed by atoms with Crippen molar-refractivity contribution in [1.82, 2.24) is 0 Å². The Morgan fingerprint density at radius 3 is 1.02 bits per heavy atom. The zero-order valence-electron chi connectivity index (χ0n) is 32.4. The molecule has 0 aliphatic heterocycles. The van der Waals surface area contributed by atoms with E-state index in [1.807, 2.05) is 0 Å². The van der Waals surface area contributed by atoms with Gasteiger partial charge >= 0.3 is 0 Å². The molecule has 0 aromatic heterocycles. The van der Waals surface area contributed by atoms with Gasteiger partial charge in [0, 0.05) is 0 Å². The summed E-state index contributed by atoms with van der Waals surface area (Å²) in [4.78, 5) is 0. The smallest absolute Gasteiger partial charge is 0.0616 e. The normalized spacial score (nSPS) is 11.9. The third kappa shape index (κ3) is 5.66. The molecule has 0 amide bonds. The second-order valence-electron chi connectivity index (χ2n) is 15.8. The first-order valence-electron chi connectivity index (χ1n) is 20.2. The molecule has 0 heterocycles. The highest BCUT2D eigenvalue weighted by Crippen LogP contribution is 2.44. The molecule has 0 fully saturated rings. The van der Waals surface area contributed by atoms with Gasteiger partial charge < -0.3 is 0 Å². The molecular formula is C57H40Si. The van der Waals surface area contributed by atoms with Crippen molar-refractivity contribution < 1.29 is 0 Å². The summed E-state index contributed by atoms with van der Waals surface area (Å²) in [5, 5.41) is 17.0. The average Bonchev–Trinajstić information content (AvgIpc) is 3.30. The first-order valence-corrected chi connectivity index (χ1v) is 22.7. The molecule has 0 nitrogen and oxygen atoms in total. The fourth-order valence-electron chi connectivity index (χ4n) is 9.42. The van der Waals surface area contributed by atoms with Crippen molar-refractivity contribution in [3.05, 3.63) is 224 Å². The van der Waals surface area contributed by atoms with Crippen molar-refractivity contribution in [2.24, 2.45) is 0 Å². The van der Waals surface area contributed by atoms with Gasteiger partial charge in [0.2, 0.25) is 0 Å². The molecule has 0 saturated carbocycles. The largest absolute Gasteiger partial charge is 0.145 e. The molecule has 0 spiro atoms. The molecule has 11 aromatic rings. The lowest BCUT2D eigenvalue weighted by Crippen LogP contribution is -2.64. The number of fused-ring (bicyclic) bond motifs is 5. The number of hydrogen-bond acceptors (Lipinski definition) is 0. The molecule has 0 atom stereocenters. The molecule has 0 saturated heterocycles. The Balaban J connectivity index is 0.996. The highest BCUT2D eigenvalue weighted by molar-refractivity contribution is 7.10. The van der Waals surface area contributed by atoms with E-state index in [0.29, 0.717) is 0 Å². The fourth-order valence-corrected chi connectivity index (χ4v) is 13.0. The molecule has 58 heavy (non-hydrogen) atoms. The van der Waals surface area contributed by atoms with Crippen molar-refractivity contribution in [3.63, 3.8) is 0 Å². The van der Waals surface area contributed by atoms with E-state index in [2.05, 4.69) is 231 Å². The van der Waals surface area contributed by atoms with Crippen LogP contribution in [0.25, 0.3) is 87.2 Å². The molecule has 11 rings (SSSR count). The first-order chi connectivity index (χ1) is 28.6. The molecule has 1 heteroatoms. The number of hydrogen-bond donors (Lipinski definition) is 0. The van der Waals surface area contributed by atoms with E-state index in [-0.39, 0.29) is 0 Å². The Kier molecular flexibility index (Phi) is 8.17. The lowest BCUT2D eigenvalue weighted by Gasteiger charge is -2.30. The topological polar surface area (TPSA) is 0 Å². The van der Waals surface area contributed by atoms with E-state index >= 15 is 0 Å². The summed E-state index contributed by atoms with van der Waals surface area (Å²) in [6.45, 7) is 2.52. The van der Waals surface area contributed by atoms with Gasteiger partial charge in [-0.05, 0) is 109 Å². The lowest BCUT2D eigenvalue weighted by molar-refractivity contribution is 1.61. The molecule has 0 aliphatic rings. The predicted molar refractivity (Wildman–Crippen MR) is 254 cm³/mol. The van der Waals surface area contributed by atoms with Gasteiger partial charge in [-0.25, -0.2) is 0 Å². The van der Waals surface area contributed by atoms with Crippen LogP contribution >= 0.6 is 0 Å². The molecule has 0 unspecified atom stereocenters. The highest BCUT2D eigenvalue weighted by Gasteiger charge is 2.34. The molecule has 0 aliphatic carbocycles. The van der Waals surface area contributed by atoms with Gasteiger partial charge in [-0.3, -0.25) is 0 Å². The molecule has 11 aromatic carbocycles. The van der Waals surface area contributed by atoms with Crippen LogP contribution in [0.1, 0.15) is 0 Å². The summed E-state index contributed by atoms with van der Waals surface area (Å²) in [6, 6.07) is 83.7. The van der Waals surface area contributed by atoms with E-state index in [1.165, 1.54) is 103 Å². The zero-order valence-corrected chi connectivity index (χ0v) is 33.4. The van der Waals surface area contributed by atoms with Crippen LogP contribution in [-0.4, -0.2) is 8.07 Å². The van der Waals surface area contributed by atoms with E-state index in [0.717, 1.165) is 0 Å². The monoisotopic (exact) mass is 752 g/mol. The van der Waals surface area contributed by atoms with Crippen molar-refractivity contribution in [2.75, 3.05) is 0 Å². The zero-order chi connectivity index (χ0) is 38.6. The van der Waals surface area contributed by atoms with Crippen LogP contribution in [-0.2, 0) is 0 Å². The summed E-state index contributed by atoms with van der Waals surface area (Å²) in [6.07, 6.45) is 0. The fraction of sp³-hybridized carbons (Fsp3) is 0.0175. The Morgan fingerprint density at radius 2 is 0.552 bits per heavy atom. The van der Waals surface area contributed by atoms with Gasteiger partial charge in [0.25, 0.3) is 0 Å². The Morgan fingerprint density at radius 1 is 0.241 bits per heavy atom. The summed E-state index contributed by atoms with van der Waals surface area (Å²) < 4.78 is 0. The lowest BCUT2D eigenvalue weighted by atomic mass is 9.85. The summed E-state index contributed by atoms with van der Waals surface area (Å²) in [7, 11) is -2.38. The van der Waals surface area contributed by atoms with Gasteiger partial charge in [0.15, 0.2) is 0 Å². The van der Waals surface area contributed by atoms with Crippen molar-refractivity contribution >= 4 is 77.5 Å². The molecule has 0 N–H and O–H groups in total. The molecular weight excluding hydrogens is 713 g/mol. The Hall–Kier alpha value is -7.06. The second-order valence-corrected chi connectivity index (χ2v) is 19.8. The van der Waals surface area contributed by atoms with E-state index in [9.17, 15) is 0 Å². The van der Waals surface area contributed by atoms with Crippen LogP contribution in [0, 0.1) is 0 Å². The minimum absolute atomic E-state index is 1.22. The molecule has 0 bridgehead atoms. The molecule has 272 valence electrons. The van der Waals surface area contributed by atoms with Crippen LogP contribution in [0.15, 0.2) is 224 Å². The highest BCUT2D eigenvalue weighted by atomic mass is 28.3. The van der Waals surface area contributed by atoms with E-state index < -0.39 is 8.07 Å².